The summed E-state index contributed by atoms with van der Waals surface area (Å²) in [6.07, 6.45) is -0.585. The number of nitrogens with one attached hydrogen (secondary N) is 1. The van der Waals surface area contributed by atoms with E-state index in [1.54, 1.807) is 17.8 Å². The molecular weight excluding hydrogens is 380 g/mol. The van der Waals surface area contributed by atoms with Gasteiger partial charge in [0, 0.05) is 25.4 Å². The number of aromatic nitrogens is 6. The summed E-state index contributed by atoms with van der Waals surface area (Å²) in [6, 6.07) is 0.830. The molecule has 0 saturated carbocycles. The van der Waals surface area contributed by atoms with E-state index < -0.39 is 17.8 Å². The number of aryl methyl sites for hydroxylation is 3. The lowest BCUT2D eigenvalue weighted by atomic mass is 10.2. The third kappa shape index (κ3) is 4.00. The Morgan fingerprint density at radius 2 is 2.04 bits per heavy atom. The van der Waals surface area contributed by atoms with Crippen LogP contribution in [0.5, 0.6) is 0 Å². The quantitative estimate of drug-likeness (QED) is 0.407. The van der Waals surface area contributed by atoms with Gasteiger partial charge in [0.25, 0.3) is 0 Å². The Bertz CT molecular complexity index is 1020. The molecule has 0 fully saturated rings. The smallest absolute Gasteiger partial charge is 0.272 e. The van der Waals surface area contributed by atoms with E-state index in [4.69, 9.17) is 0 Å². The summed E-state index contributed by atoms with van der Waals surface area (Å²) in [6.45, 7) is 3.98. The fraction of sp³-hybridized carbons (Fsp3) is 0.312. The fourth-order valence-electron chi connectivity index (χ4n) is 2.41. The van der Waals surface area contributed by atoms with Gasteiger partial charge in [-0.15, -0.1) is 0 Å². The monoisotopic (exact) mass is 396 g/mol. The molecule has 0 atom stereocenters. The van der Waals surface area contributed by atoms with Crippen LogP contribution < -0.4 is 5.43 Å². The van der Waals surface area contributed by atoms with Gasteiger partial charge in [0.15, 0.2) is 5.69 Å². The molecule has 28 heavy (non-hydrogen) atoms. The third-order valence-corrected chi connectivity index (χ3v) is 3.82. The molecule has 3 heterocycles. The predicted molar refractivity (Wildman–Crippen MR) is 93.0 cm³/mol. The average molecular weight is 396 g/mol. The lowest BCUT2D eigenvalue weighted by Gasteiger charge is -2.09. The SMILES string of the molecule is CCn1cc(-c2cc(C(F)(F)F)nc(N/N=C/c3c(C)nn(C)c3F)n2)cn1. The van der Waals surface area contributed by atoms with Gasteiger partial charge in [0.1, 0.15) is 0 Å². The van der Waals surface area contributed by atoms with Gasteiger partial charge in [0.2, 0.25) is 11.9 Å². The van der Waals surface area contributed by atoms with Gasteiger partial charge in [-0.2, -0.15) is 32.9 Å². The summed E-state index contributed by atoms with van der Waals surface area (Å²) in [5.41, 5.74) is 2.09. The highest BCUT2D eigenvalue weighted by atomic mass is 19.4. The Kier molecular flexibility index (Phi) is 5.12. The minimum atomic E-state index is -4.68. The molecule has 0 bridgehead atoms. The van der Waals surface area contributed by atoms with Crippen LogP contribution in [0.2, 0.25) is 0 Å². The average Bonchev–Trinajstić information content (AvgIpc) is 3.21. The molecule has 12 heteroatoms. The molecule has 0 aliphatic carbocycles. The molecule has 3 aromatic heterocycles. The van der Waals surface area contributed by atoms with Crippen LogP contribution >= 0.6 is 0 Å². The number of rotatable bonds is 5. The molecule has 3 rings (SSSR count). The summed E-state index contributed by atoms with van der Waals surface area (Å²) >= 11 is 0. The van der Waals surface area contributed by atoms with Gasteiger partial charge >= 0.3 is 6.18 Å². The van der Waals surface area contributed by atoms with Crippen LogP contribution in [0.15, 0.2) is 23.6 Å². The first-order valence-electron chi connectivity index (χ1n) is 8.16. The topological polar surface area (TPSA) is 85.8 Å². The van der Waals surface area contributed by atoms with E-state index in [1.807, 2.05) is 6.92 Å². The van der Waals surface area contributed by atoms with Crippen molar-refractivity contribution in [1.82, 2.24) is 29.5 Å². The number of hydrogen-bond acceptors (Lipinski definition) is 6. The summed E-state index contributed by atoms with van der Waals surface area (Å²) in [4.78, 5) is 7.48. The van der Waals surface area contributed by atoms with Crippen molar-refractivity contribution in [3.63, 3.8) is 0 Å². The number of hydrazone groups is 1. The van der Waals surface area contributed by atoms with Gasteiger partial charge in [-0.3, -0.25) is 4.68 Å². The van der Waals surface area contributed by atoms with Crippen molar-refractivity contribution in [1.29, 1.82) is 0 Å². The van der Waals surface area contributed by atoms with Crippen molar-refractivity contribution >= 4 is 12.2 Å². The zero-order valence-corrected chi connectivity index (χ0v) is 15.2. The zero-order chi connectivity index (χ0) is 20.5. The molecule has 3 aromatic rings. The van der Waals surface area contributed by atoms with Crippen molar-refractivity contribution < 1.29 is 17.6 Å². The van der Waals surface area contributed by atoms with Crippen LogP contribution in [0.3, 0.4) is 0 Å². The number of halogens is 4. The minimum Gasteiger partial charge on any atom is -0.272 e. The first kappa shape index (κ1) is 19.5. The van der Waals surface area contributed by atoms with Crippen LogP contribution in [0, 0.1) is 12.9 Å². The normalized spacial score (nSPS) is 12.1. The molecule has 0 saturated heterocycles. The van der Waals surface area contributed by atoms with E-state index >= 15 is 0 Å². The fourth-order valence-corrected chi connectivity index (χ4v) is 2.41. The van der Waals surface area contributed by atoms with Crippen molar-refractivity contribution in [3.05, 3.63) is 41.4 Å². The largest absolute Gasteiger partial charge is 0.433 e. The molecule has 0 aliphatic heterocycles. The molecule has 148 valence electrons. The second-order valence-electron chi connectivity index (χ2n) is 5.83. The van der Waals surface area contributed by atoms with Crippen LogP contribution in [0.1, 0.15) is 23.9 Å². The number of alkyl halides is 3. The van der Waals surface area contributed by atoms with Crippen LogP contribution in [0.4, 0.5) is 23.5 Å². The van der Waals surface area contributed by atoms with Crippen molar-refractivity contribution in [3.8, 4) is 11.3 Å². The van der Waals surface area contributed by atoms with Crippen LogP contribution in [0.25, 0.3) is 11.3 Å². The Morgan fingerprint density at radius 1 is 1.29 bits per heavy atom. The van der Waals surface area contributed by atoms with E-state index in [2.05, 4.69) is 30.7 Å². The van der Waals surface area contributed by atoms with Gasteiger partial charge in [-0.05, 0) is 19.9 Å². The van der Waals surface area contributed by atoms with E-state index in [0.29, 0.717) is 17.8 Å². The Labute approximate surface area is 156 Å². The molecular formula is C16H16F4N8. The standard InChI is InChI=1S/C16H16F4N8/c1-4-28-8-10(6-22-28)12-5-13(16(18,19)20)24-15(23-12)25-21-7-11-9(2)26-27(3)14(11)17/h5-8H,4H2,1-3H3,(H,23,24,25)/b21-7+. The maximum Gasteiger partial charge on any atom is 0.433 e. The Hall–Kier alpha value is -3.31. The van der Waals surface area contributed by atoms with E-state index in [1.165, 1.54) is 13.2 Å². The number of hydrogen-bond donors (Lipinski definition) is 1. The first-order valence-corrected chi connectivity index (χ1v) is 8.16. The highest BCUT2D eigenvalue weighted by molar-refractivity contribution is 5.81. The predicted octanol–water partition coefficient (Wildman–Crippen LogP) is 3.01. The molecule has 0 aliphatic rings. The first-order chi connectivity index (χ1) is 13.2. The van der Waals surface area contributed by atoms with Gasteiger partial charge < -0.3 is 0 Å². The molecule has 8 nitrogen and oxygen atoms in total. The Balaban J connectivity index is 1.93. The summed E-state index contributed by atoms with van der Waals surface area (Å²) in [5.74, 6) is -1.01. The lowest BCUT2D eigenvalue weighted by Crippen LogP contribution is -2.11. The maximum atomic E-state index is 13.9. The van der Waals surface area contributed by atoms with E-state index in [9.17, 15) is 17.6 Å². The highest BCUT2D eigenvalue weighted by Gasteiger charge is 2.34. The maximum absolute atomic E-state index is 13.9. The van der Waals surface area contributed by atoms with Crippen LogP contribution in [-0.4, -0.2) is 35.7 Å². The van der Waals surface area contributed by atoms with Gasteiger partial charge in [0.05, 0.1) is 29.4 Å². The molecule has 0 unspecified atom stereocenters. The Morgan fingerprint density at radius 3 is 2.61 bits per heavy atom. The summed E-state index contributed by atoms with van der Waals surface area (Å²) in [7, 11) is 1.42. The van der Waals surface area contributed by atoms with Gasteiger partial charge in [-0.1, -0.05) is 0 Å². The third-order valence-electron chi connectivity index (χ3n) is 3.82. The molecule has 0 spiro atoms. The molecule has 0 radical (unpaired) electrons. The van der Waals surface area contributed by atoms with Crippen molar-refractivity contribution in [2.45, 2.75) is 26.6 Å². The van der Waals surface area contributed by atoms with Crippen molar-refractivity contribution in [2.24, 2.45) is 12.1 Å². The molecule has 0 amide bonds. The molecule has 0 aromatic carbocycles. The lowest BCUT2D eigenvalue weighted by molar-refractivity contribution is -0.141. The van der Waals surface area contributed by atoms with Crippen LogP contribution in [-0.2, 0) is 19.8 Å². The summed E-state index contributed by atoms with van der Waals surface area (Å²) in [5, 5.41) is 11.7. The second kappa shape index (κ2) is 7.37. The highest BCUT2D eigenvalue weighted by Crippen LogP contribution is 2.31. The molecule has 1 N–H and O–H groups in total. The number of anilines is 1. The van der Waals surface area contributed by atoms with Crippen molar-refractivity contribution in [2.75, 3.05) is 5.43 Å². The minimum absolute atomic E-state index is 0.0310. The zero-order valence-electron chi connectivity index (χ0n) is 15.2. The van der Waals surface area contributed by atoms with E-state index in [0.717, 1.165) is 17.0 Å². The van der Waals surface area contributed by atoms with Gasteiger partial charge in [-0.25, -0.2) is 20.1 Å². The second-order valence-corrected chi connectivity index (χ2v) is 5.83. The van der Waals surface area contributed by atoms with E-state index in [-0.39, 0.29) is 17.2 Å². The summed E-state index contributed by atoms with van der Waals surface area (Å²) < 4.78 is 56.0. The number of nitrogens with zero attached hydrogens (tertiary/aromatic N) is 7.